The van der Waals surface area contributed by atoms with Gasteiger partial charge in [0.1, 0.15) is 5.60 Å². The molecule has 2 rings (SSSR count). The van der Waals surface area contributed by atoms with Crippen molar-refractivity contribution in [3.05, 3.63) is 35.9 Å². The first-order valence-electron chi connectivity index (χ1n) is 8.21. The molecule has 1 aliphatic rings. The largest absolute Gasteiger partial charge is 0.465 e. The number of benzene rings is 1. The first-order valence-corrected chi connectivity index (χ1v) is 8.21. The molecule has 0 radical (unpaired) electrons. The number of β-amino-alcohol motifs (C(OH)–C–C–N with tert-alkyl or cyclic N) is 1. The maximum absolute atomic E-state index is 11.9. The van der Waals surface area contributed by atoms with E-state index < -0.39 is 23.3 Å². The Labute approximate surface area is 143 Å². The van der Waals surface area contributed by atoms with Crippen molar-refractivity contribution < 1.29 is 19.7 Å². The minimum Gasteiger partial charge on any atom is -0.465 e. The number of hydrogen-bond acceptors (Lipinski definition) is 4. The van der Waals surface area contributed by atoms with Crippen LogP contribution in [0, 0.1) is 0 Å². The molecule has 0 aromatic heterocycles. The molecule has 2 N–H and O–H groups in total. The lowest BCUT2D eigenvalue weighted by Gasteiger charge is -2.43. The van der Waals surface area contributed by atoms with Gasteiger partial charge in [0.15, 0.2) is 0 Å². The summed E-state index contributed by atoms with van der Waals surface area (Å²) in [7, 11) is 1.63. The van der Waals surface area contributed by atoms with Crippen molar-refractivity contribution >= 4 is 6.09 Å². The highest BCUT2D eigenvalue weighted by Crippen LogP contribution is 2.38. The van der Waals surface area contributed by atoms with Crippen LogP contribution in [0.4, 0.5) is 4.79 Å². The van der Waals surface area contributed by atoms with Gasteiger partial charge in [0.05, 0.1) is 12.6 Å². The highest BCUT2D eigenvalue weighted by atomic mass is 16.5. The molecule has 0 saturated carbocycles. The molecule has 1 aliphatic heterocycles. The Morgan fingerprint density at radius 1 is 1.38 bits per heavy atom. The van der Waals surface area contributed by atoms with Crippen LogP contribution in [0.25, 0.3) is 0 Å². The Morgan fingerprint density at radius 2 is 2.00 bits per heavy atom. The first kappa shape index (κ1) is 18.7. The smallest absolute Gasteiger partial charge is 0.408 e. The number of carbonyl (C=O) groups is 1. The third kappa shape index (κ3) is 3.71. The maximum atomic E-state index is 11.9. The molecule has 6 nitrogen and oxygen atoms in total. The van der Waals surface area contributed by atoms with E-state index in [0.29, 0.717) is 26.2 Å². The lowest BCUT2D eigenvalue weighted by molar-refractivity contribution is -0.0412. The van der Waals surface area contributed by atoms with Crippen LogP contribution in [0.1, 0.15) is 26.3 Å². The molecule has 1 saturated heterocycles. The van der Waals surface area contributed by atoms with Crippen molar-refractivity contribution in [2.45, 2.75) is 38.0 Å². The van der Waals surface area contributed by atoms with Gasteiger partial charge in [0.2, 0.25) is 0 Å². The van der Waals surface area contributed by atoms with E-state index in [4.69, 9.17) is 4.74 Å². The predicted octanol–water partition coefficient (Wildman–Crippen LogP) is 1.98. The molecule has 134 valence electrons. The first-order chi connectivity index (χ1) is 11.2. The van der Waals surface area contributed by atoms with E-state index in [2.05, 4.69) is 4.90 Å². The zero-order chi connectivity index (χ0) is 18.0. The molecule has 1 aromatic rings. The van der Waals surface area contributed by atoms with E-state index in [1.807, 2.05) is 51.1 Å². The topological polar surface area (TPSA) is 73.2 Å². The zero-order valence-electron chi connectivity index (χ0n) is 14.9. The second-order valence-electron chi connectivity index (χ2n) is 7.36. The fourth-order valence-corrected chi connectivity index (χ4v) is 3.49. The maximum Gasteiger partial charge on any atom is 0.408 e. The summed E-state index contributed by atoms with van der Waals surface area (Å²) < 4.78 is 5.13. The van der Waals surface area contributed by atoms with Crippen LogP contribution in [0.15, 0.2) is 30.3 Å². The number of nitrogens with zero attached hydrogens (tertiary/aromatic N) is 2. The summed E-state index contributed by atoms with van der Waals surface area (Å²) in [5.74, 6) is 0. The third-order valence-corrected chi connectivity index (χ3v) is 4.57. The zero-order valence-corrected chi connectivity index (χ0v) is 14.9. The van der Waals surface area contributed by atoms with Crippen molar-refractivity contribution in [1.29, 1.82) is 0 Å². The molecule has 24 heavy (non-hydrogen) atoms. The molecule has 0 unspecified atom stereocenters. The van der Waals surface area contributed by atoms with Crippen molar-refractivity contribution in [3.63, 3.8) is 0 Å². The van der Waals surface area contributed by atoms with Crippen LogP contribution in [-0.4, -0.2) is 71.0 Å². The van der Waals surface area contributed by atoms with Crippen LogP contribution >= 0.6 is 0 Å². The summed E-state index contributed by atoms with van der Waals surface area (Å²) in [4.78, 5) is 15.4. The molecule has 0 spiro atoms. The summed E-state index contributed by atoms with van der Waals surface area (Å²) >= 11 is 0. The van der Waals surface area contributed by atoms with Crippen molar-refractivity contribution in [2.75, 3.05) is 33.4 Å². The minimum atomic E-state index is -1.25. The SMILES string of the molecule is COCCN1C[C@@H](N(C(=O)O)C(C)(C)C)[C@](O)(c2ccccc2)C1. The highest BCUT2D eigenvalue weighted by Gasteiger charge is 2.52. The molecule has 1 heterocycles. The molecule has 1 fully saturated rings. The van der Waals surface area contributed by atoms with Gasteiger partial charge in [0.25, 0.3) is 0 Å². The number of hydrogen-bond donors (Lipinski definition) is 2. The fraction of sp³-hybridized carbons (Fsp3) is 0.611. The fourth-order valence-electron chi connectivity index (χ4n) is 3.49. The van der Waals surface area contributed by atoms with Crippen LogP contribution < -0.4 is 0 Å². The third-order valence-electron chi connectivity index (χ3n) is 4.57. The molecule has 1 aromatic carbocycles. The summed E-state index contributed by atoms with van der Waals surface area (Å²) in [5, 5.41) is 21.3. The average molecular weight is 336 g/mol. The number of carboxylic acid groups (broad SMARTS) is 1. The van der Waals surface area contributed by atoms with Gasteiger partial charge < -0.3 is 14.9 Å². The molecular formula is C18H28N2O4. The van der Waals surface area contributed by atoms with Crippen molar-refractivity contribution in [3.8, 4) is 0 Å². The number of methoxy groups -OCH3 is 1. The Hall–Kier alpha value is -1.63. The van der Waals surface area contributed by atoms with Gasteiger partial charge in [-0.15, -0.1) is 0 Å². The van der Waals surface area contributed by atoms with Crippen LogP contribution in [0.3, 0.4) is 0 Å². The van der Waals surface area contributed by atoms with Gasteiger partial charge >= 0.3 is 6.09 Å². The number of ether oxygens (including phenoxy) is 1. The van der Waals surface area contributed by atoms with Gasteiger partial charge in [0, 0.05) is 32.3 Å². The number of likely N-dealkylation sites (tertiary alicyclic amines) is 1. The Kier molecular flexibility index (Phi) is 5.52. The van der Waals surface area contributed by atoms with Gasteiger partial charge in [-0.2, -0.15) is 0 Å². The molecule has 6 heteroatoms. The lowest BCUT2D eigenvalue weighted by atomic mass is 9.86. The standard InChI is InChI=1S/C18H28N2O4/c1-17(2,3)20(16(21)22)15-12-19(10-11-24-4)13-18(15,23)14-8-6-5-7-9-14/h5-9,15,23H,10-13H2,1-4H3,(H,21,22)/t15-,18-/m1/s1. The average Bonchev–Trinajstić information content (AvgIpc) is 2.82. The summed E-state index contributed by atoms with van der Waals surface area (Å²) in [5.41, 5.74) is -1.12. The lowest BCUT2D eigenvalue weighted by Crippen LogP contribution is -2.59. The van der Waals surface area contributed by atoms with E-state index in [9.17, 15) is 15.0 Å². The van der Waals surface area contributed by atoms with Gasteiger partial charge in [-0.1, -0.05) is 30.3 Å². The Morgan fingerprint density at radius 3 is 2.50 bits per heavy atom. The second kappa shape index (κ2) is 7.09. The van der Waals surface area contributed by atoms with Crippen LogP contribution in [0.5, 0.6) is 0 Å². The van der Waals surface area contributed by atoms with Crippen LogP contribution in [0.2, 0.25) is 0 Å². The predicted molar refractivity (Wildman–Crippen MR) is 92.1 cm³/mol. The number of amides is 1. The van der Waals surface area contributed by atoms with Crippen molar-refractivity contribution in [1.82, 2.24) is 9.80 Å². The molecule has 2 atom stereocenters. The van der Waals surface area contributed by atoms with Gasteiger partial charge in [-0.05, 0) is 26.3 Å². The Bertz CT molecular complexity index is 558. The van der Waals surface area contributed by atoms with Crippen LogP contribution in [-0.2, 0) is 10.3 Å². The quantitative estimate of drug-likeness (QED) is 0.860. The number of aliphatic hydroxyl groups is 1. The molecule has 0 bridgehead atoms. The van der Waals surface area contributed by atoms with Gasteiger partial charge in [-0.3, -0.25) is 9.80 Å². The number of rotatable bonds is 5. The van der Waals surface area contributed by atoms with E-state index >= 15 is 0 Å². The van der Waals surface area contributed by atoms with E-state index in [-0.39, 0.29) is 0 Å². The second-order valence-corrected chi connectivity index (χ2v) is 7.36. The summed E-state index contributed by atoms with van der Waals surface area (Å²) in [6.45, 7) is 7.60. The van der Waals surface area contributed by atoms with Gasteiger partial charge in [-0.25, -0.2) is 4.79 Å². The molecule has 1 amide bonds. The Balaban J connectivity index is 2.42. The highest BCUT2D eigenvalue weighted by molar-refractivity contribution is 5.67. The monoisotopic (exact) mass is 336 g/mol. The summed E-state index contributed by atoms with van der Waals surface area (Å²) in [6.07, 6.45) is -1.02. The minimum absolute atomic E-state index is 0.380. The van der Waals surface area contributed by atoms with E-state index in [1.54, 1.807) is 7.11 Å². The molecular weight excluding hydrogens is 308 g/mol. The van der Waals surface area contributed by atoms with Crippen molar-refractivity contribution in [2.24, 2.45) is 0 Å². The summed E-state index contributed by atoms with van der Waals surface area (Å²) in [6, 6.07) is 8.78. The van der Waals surface area contributed by atoms with E-state index in [1.165, 1.54) is 4.90 Å². The molecule has 0 aliphatic carbocycles. The van der Waals surface area contributed by atoms with E-state index in [0.717, 1.165) is 5.56 Å². The normalized spacial score (nSPS) is 25.0.